The number of aromatic nitrogens is 3. The number of amides is 1. The second kappa shape index (κ2) is 8.47. The van der Waals surface area contributed by atoms with Crippen LogP contribution in [0.15, 0.2) is 55.1 Å². The summed E-state index contributed by atoms with van der Waals surface area (Å²) >= 11 is 0. The maximum absolute atomic E-state index is 12.7. The van der Waals surface area contributed by atoms with E-state index in [-0.39, 0.29) is 19.0 Å². The number of hydrogen-bond donors (Lipinski definition) is 1. The van der Waals surface area contributed by atoms with E-state index >= 15 is 0 Å². The van der Waals surface area contributed by atoms with Gasteiger partial charge in [-0.05, 0) is 53.8 Å². The minimum atomic E-state index is -4.23. The lowest BCUT2D eigenvalue weighted by Gasteiger charge is -2.16. The Morgan fingerprint density at radius 1 is 1.15 bits per heavy atom. The van der Waals surface area contributed by atoms with E-state index in [0.29, 0.717) is 11.7 Å². The highest BCUT2D eigenvalue weighted by Gasteiger charge is 2.33. The summed E-state index contributed by atoms with van der Waals surface area (Å²) in [5, 5.41) is 7.22. The van der Waals surface area contributed by atoms with Crippen LogP contribution in [0.1, 0.15) is 35.6 Å². The molecule has 9 heteroatoms. The highest BCUT2D eigenvalue weighted by atomic mass is 19.4. The summed E-state index contributed by atoms with van der Waals surface area (Å²) in [5.74, 6) is -0.330. The number of rotatable bonds is 6. The van der Waals surface area contributed by atoms with Gasteiger partial charge in [0.25, 0.3) is 0 Å². The fourth-order valence-electron chi connectivity index (χ4n) is 4.08. The van der Waals surface area contributed by atoms with E-state index in [0.717, 1.165) is 40.7 Å². The average Bonchev–Trinajstić information content (AvgIpc) is 3.36. The van der Waals surface area contributed by atoms with Gasteiger partial charge < -0.3 is 5.32 Å². The van der Waals surface area contributed by atoms with Gasteiger partial charge in [0.1, 0.15) is 0 Å². The summed E-state index contributed by atoms with van der Waals surface area (Å²) in [4.78, 5) is 18.0. The summed E-state index contributed by atoms with van der Waals surface area (Å²) in [5.41, 5.74) is 4.88. The van der Waals surface area contributed by atoms with Gasteiger partial charge in [-0.1, -0.05) is 6.07 Å². The van der Waals surface area contributed by atoms with Crippen molar-refractivity contribution in [3.63, 3.8) is 0 Å². The molecule has 170 valence electrons. The molecular weight excluding hydrogens is 431 g/mol. The van der Waals surface area contributed by atoms with Crippen LogP contribution < -0.4 is 5.32 Å². The van der Waals surface area contributed by atoms with Crippen molar-refractivity contribution < 1.29 is 18.0 Å². The number of fused-ring (bicyclic) bond motifs is 1. The lowest BCUT2D eigenvalue weighted by molar-refractivity contribution is -0.147. The van der Waals surface area contributed by atoms with Crippen LogP contribution in [0, 0.1) is 0 Å². The Morgan fingerprint density at radius 2 is 1.97 bits per heavy atom. The molecule has 5 rings (SSSR count). The lowest BCUT2D eigenvalue weighted by atomic mass is 10.0. The molecule has 3 heterocycles. The van der Waals surface area contributed by atoms with Gasteiger partial charge in [-0.15, -0.1) is 0 Å². The summed E-state index contributed by atoms with van der Waals surface area (Å²) in [6.45, 7) is -0.481. The van der Waals surface area contributed by atoms with Crippen molar-refractivity contribution in [2.24, 2.45) is 0 Å². The van der Waals surface area contributed by atoms with Crippen LogP contribution in [0.25, 0.3) is 17.2 Å². The first kappa shape index (κ1) is 21.4. The Morgan fingerprint density at radius 3 is 2.76 bits per heavy atom. The number of carbonyl (C=O) groups is 1. The van der Waals surface area contributed by atoms with Crippen molar-refractivity contribution >= 4 is 17.7 Å². The van der Waals surface area contributed by atoms with Crippen molar-refractivity contribution in [3.8, 4) is 11.1 Å². The zero-order valence-electron chi connectivity index (χ0n) is 17.7. The smallest absolute Gasteiger partial charge is 0.323 e. The van der Waals surface area contributed by atoms with Gasteiger partial charge in [0.2, 0.25) is 5.91 Å². The van der Waals surface area contributed by atoms with Crippen LogP contribution in [0.2, 0.25) is 0 Å². The third kappa shape index (κ3) is 5.14. The molecule has 2 aliphatic rings. The number of nitrogens with one attached hydrogen (secondary N) is 1. The zero-order chi connectivity index (χ0) is 23.0. The summed E-state index contributed by atoms with van der Waals surface area (Å²) in [6.07, 6.45) is 8.41. The van der Waals surface area contributed by atoms with Gasteiger partial charge in [-0.2, -0.15) is 18.3 Å². The molecule has 1 N–H and O–H groups in total. The van der Waals surface area contributed by atoms with Crippen LogP contribution in [0.4, 0.5) is 18.9 Å². The third-order valence-electron chi connectivity index (χ3n) is 5.76. The summed E-state index contributed by atoms with van der Waals surface area (Å²) in [7, 11) is 0. The van der Waals surface area contributed by atoms with Crippen LogP contribution in [-0.2, 0) is 17.9 Å². The van der Waals surface area contributed by atoms with Crippen molar-refractivity contribution in [1.82, 2.24) is 19.7 Å². The zero-order valence-corrected chi connectivity index (χ0v) is 17.7. The van der Waals surface area contributed by atoms with Gasteiger partial charge in [-0.3, -0.25) is 19.4 Å². The Bertz CT molecular complexity index is 1210. The fraction of sp³-hybridized carbons (Fsp3) is 0.292. The first-order valence-corrected chi connectivity index (χ1v) is 10.7. The number of anilines is 1. The Labute approximate surface area is 188 Å². The number of hydrogen-bond acceptors (Lipinski definition) is 4. The number of nitrogens with zero attached hydrogens (tertiary/aromatic N) is 4. The quantitative estimate of drug-likeness (QED) is 0.544. The molecule has 0 unspecified atom stereocenters. The minimum absolute atomic E-state index is 0.210. The van der Waals surface area contributed by atoms with E-state index in [9.17, 15) is 18.0 Å². The Balaban J connectivity index is 1.25. The van der Waals surface area contributed by atoms with Gasteiger partial charge in [0, 0.05) is 54.6 Å². The SMILES string of the molecule is O=C(/C=C/c1cnccc1-c1cnn(C2CC2)c1)Nc1ccc2c(c1)CN(CC(F)(F)F)C2. The number of pyridine rings is 1. The molecule has 0 atom stereocenters. The monoisotopic (exact) mass is 453 g/mol. The van der Waals surface area contributed by atoms with E-state index in [1.165, 1.54) is 11.0 Å². The highest BCUT2D eigenvalue weighted by molar-refractivity contribution is 6.02. The molecule has 0 bridgehead atoms. The Kier molecular flexibility index (Phi) is 5.49. The third-order valence-corrected chi connectivity index (χ3v) is 5.76. The number of carbonyl (C=O) groups excluding carboxylic acids is 1. The number of alkyl halides is 3. The maximum Gasteiger partial charge on any atom is 0.401 e. The largest absolute Gasteiger partial charge is 0.401 e. The molecule has 1 aliphatic heterocycles. The predicted molar refractivity (Wildman–Crippen MR) is 118 cm³/mol. The van der Waals surface area contributed by atoms with E-state index in [2.05, 4.69) is 15.4 Å². The molecule has 0 spiro atoms. The first-order valence-electron chi connectivity index (χ1n) is 10.7. The summed E-state index contributed by atoms with van der Waals surface area (Å²) in [6, 6.07) is 7.59. The van der Waals surface area contributed by atoms with Crippen molar-refractivity contribution in [3.05, 3.63) is 71.8 Å². The average molecular weight is 453 g/mol. The van der Waals surface area contributed by atoms with E-state index in [1.807, 2.05) is 23.1 Å². The molecule has 0 radical (unpaired) electrons. The van der Waals surface area contributed by atoms with Crippen LogP contribution in [0.3, 0.4) is 0 Å². The Hall–Kier alpha value is -3.46. The number of halogens is 3. The molecule has 1 fully saturated rings. The van der Waals surface area contributed by atoms with Gasteiger partial charge in [0.15, 0.2) is 0 Å². The molecule has 3 aromatic rings. The maximum atomic E-state index is 12.7. The van der Waals surface area contributed by atoms with Gasteiger partial charge >= 0.3 is 6.18 Å². The van der Waals surface area contributed by atoms with Crippen LogP contribution in [-0.4, -0.2) is 38.3 Å². The van der Waals surface area contributed by atoms with E-state index in [1.54, 1.807) is 36.7 Å². The van der Waals surface area contributed by atoms with E-state index in [4.69, 9.17) is 0 Å². The number of benzene rings is 1. The molecule has 2 aromatic heterocycles. The topological polar surface area (TPSA) is 63.1 Å². The second-order valence-electron chi connectivity index (χ2n) is 8.47. The first-order chi connectivity index (χ1) is 15.8. The standard InChI is InChI=1S/C24H22F3N5O/c25-24(26,27)15-31-12-17-1-3-20(9-18(17)13-31)30-23(33)6-2-16-10-28-8-7-22(16)19-11-29-32(14-19)21-4-5-21/h1-3,6-11,14,21H,4-5,12-13,15H2,(H,30,33)/b6-2+. The molecule has 1 aliphatic carbocycles. The fourth-order valence-corrected chi connectivity index (χ4v) is 4.08. The summed E-state index contributed by atoms with van der Waals surface area (Å²) < 4.78 is 40.0. The van der Waals surface area contributed by atoms with Crippen molar-refractivity contribution in [2.75, 3.05) is 11.9 Å². The lowest BCUT2D eigenvalue weighted by Crippen LogP contribution is -2.29. The molecule has 6 nitrogen and oxygen atoms in total. The van der Waals surface area contributed by atoms with Crippen LogP contribution >= 0.6 is 0 Å². The molecule has 33 heavy (non-hydrogen) atoms. The van der Waals surface area contributed by atoms with Crippen molar-refractivity contribution in [2.45, 2.75) is 38.1 Å². The second-order valence-corrected chi connectivity index (χ2v) is 8.47. The van der Waals surface area contributed by atoms with Gasteiger partial charge in [0.05, 0.1) is 18.8 Å². The highest BCUT2D eigenvalue weighted by Crippen LogP contribution is 2.35. The minimum Gasteiger partial charge on any atom is -0.323 e. The van der Waals surface area contributed by atoms with Crippen LogP contribution in [0.5, 0.6) is 0 Å². The normalized spacial score (nSPS) is 16.3. The molecule has 1 amide bonds. The molecule has 1 saturated carbocycles. The molecule has 1 aromatic carbocycles. The molecule has 0 saturated heterocycles. The van der Waals surface area contributed by atoms with Crippen molar-refractivity contribution in [1.29, 1.82) is 0 Å². The van der Waals surface area contributed by atoms with E-state index < -0.39 is 12.7 Å². The molecular formula is C24H22F3N5O. The van der Waals surface area contributed by atoms with Gasteiger partial charge in [-0.25, -0.2) is 0 Å². The predicted octanol–water partition coefficient (Wildman–Crippen LogP) is 4.81.